The van der Waals surface area contributed by atoms with Crippen molar-refractivity contribution in [3.63, 3.8) is 0 Å². The molecule has 2 amide bonds. The monoisotopic (exact) mass is 302 g/mol. The normalized spacial score (nSPS) is 20.0. The molecule has 0 aliphatic carbocycles. The fraction of sp³-hybridized carbons (Fsp3) is 0.769. The van der Waals surface area contributed by atoms with Crippen LogP contribution >= 0.6 is 11.8 Å². The van der Waals surface area contributed by atoms with Crippen molar-refractivity contribution in [2.75, 3.05) is 18.2 Å². The van der Waals surface area contributed by atoms with E-state index in [0.29, 0.717) is 18.1 Å². The second-order valence-corrected chi connectivity index (χ2v) is 6.41. The van der Waals surface area contributed by atoms with Crippen LogP contribution in [0.5, 0.6) is 0 Å². The molecule has 0 radical (unpaired) electrons. The van der Waals surface area contributed by atoms with Crippen LogP contribution in [0, 0.1) is 11.8 Å². The van der Waals surface area contributed by atoms with Crippen LogP contribution in [0.4, 0.5) is 0 Å². The van der Waals surface area contributed by atoms with Gasteiger partial charge < -0.3 is 15.3 Å². The molecule has 1 fully saturated rings. The molecule has 1 rings (SSSR count). The minimum Gasteiger partial charge on any atom is -0.481 e. The minimum atomic E-state index is -0.900. The second-order valence-electron chi connectivity index (χ2n) is 5.41. The van der Waals surface area contributed by atoms with Gasteiger partial charge in [-0.2, -0.15) is 0 Å². The van der Waals surface area contributed by atoms with E-state index in [-0.39, 0.29) is 24.3 Å². The zero-order chi connectivity index (χ0) is 15.3. The molecular weight excluding hydrogens is 280 g/mol. The predicted octanol–water partition coefficient (Wildman–Crippen LogP) is 0.771. The molecular formula is C13H22N2O4S. The maximum absolute atomic E-state index is 12.1. The minimum absolute atomic E-state index is 0.110. The lowest BCUT2D eigenvalue weighted by Gasteiger charge is -2.22. The van der Waals surface area contributed by atoms with Gasteiger partial charge in [-0.15, -0.1) is 11.8 Å². The van der Waals surface area contributed by atoms with E-state index in [9.17, 15) is 14.4 Å². The molecule has 1 aliphatic rings. The number of nitrogens with zero attached hydrogens (tertiary/aromatic N) is 1. The highest BCUT2D eigenvalue weighted by molar-refractivity contribution is 7.99. The molecule has 0 aromatic rings. The predicted molar refractivity (Wildman–Crippen MR) is 77.2 cm³/mol. The topological polar surface area (TPSA) is 86.7 Å². The lowest BCUT2D eigenvalue weighted by molar-refractivity contribution is -0.142. The molecule has 0 spiro atoms. The van der Waals surface area contributed by atoms with E-state index in [4.69, 9.17) is 5.11 Å². The molecule has 1 heterocycles. The molecule has 1 saturated heterocycles. The highest BCUT2D eigenvalue weighted by Gasteiger charge is 2.33. The zero-order valence-corrected chi connectivity index (χ0v) is 12.9. The third-order valence-corrected chi connectivity index (χ3v) is 4.23. The average Bonchev–Trinajstić information content (AvgIpc) is 2.82. The fourth-order valence-corrected chi connectivity index (χ4v) is 3.37. The van der Waals surface area contributed by atoms with Gasteiger partial charge in [0.05, 0.1) is 11.8 Å². The first kappa shape index (κ1) is 16.8. The number of amides is 2. The Morgan fingerprint density at radius 2 is 2.05 bits per heavy atom. The summed E-state index contributed by atoms with van der Waals surface area (Å²) in [6.45, 7) is 5.44. The molecule has 2 N–H and O–H groups in total. The Morgan fingerprint density at radius 3 is 2.55 bits per heavy atom. The summed E-state index contributed by atoms with van der Waals surface area (Å²) in [5, 5.41) is 11.8. The van der Waals surface area contributed by atoms with Crippen LogP contribution in [-0.4, -0.2) is 52.0 Å². The van der Waals surface area contributed by atoms with Crippen LogP contribution in [-0.2, 0) is 14.4 Å². The number of hydrogen-bond donors (Lipinski definition) is 2. The van der Waals surface area contributed by atoms with E-state index in [1.54, 1.807) is 0 Å². The molecule has 1 aliphatic heterocycles. The van der Waals surface area contributed by atoms with Crippen molar-refractivity contribution in [2.45, 2.75) is 33.2 Å². The number of rotatable bonds is 6. The van der Waals surface area contributed by atoms with E-state index < -0.39 is 17.9 Å². The van der Waals surface area contributed by atoms with Gasteiger partial charge in [0.2, 0.25) is 11.8 Å². The SMILES string of the molecule is CC(=O)N1CSC[C@@H]1C(=O)NC[C@H](CC(C)C)C(=O)O. The number of carboxylic acids is 1. The van der Waals surface area contributed by atoms with Gasteiger partial charge in [0.1, 0.15) is 6.04 Å². The van der Waals surface area contributed by atoms with Crippen LogP contribution in [0.25, 0.3) is 0 Å². The van der Waals surface area contributed by atoms with Crippen LogP contribution in [0.2, 0.25) is 0 Å². The number of hydrogen-bond acceptors (Lipinski definition) is 4. The lowest BCUT2D eigenvalue weighted by atomic mass is 9.97. The molecule has 7 heteroatoms. The fourth-order valence-electron chi connectivity index (χ4n) is 2.15. The molecule has 0 bridgehead atoms. The highest BCUT2D eigenvalue weighted by Crippen LogP contribution is 2.21. The molecule has 0 aromatic heterocycles. The van der Waals surface area contributed by atoms with Crippen molar-refractivity contribution >= 4 is 29.5 Å². The lowest BCUT2D eigenvalue weighted by Crippen LogP contribution is -2.48. The summed E-state index contributed by atoms with van der Waals surface area (Å²) in [6.07, 6.45) is 0.519. The van der Waals surface area contributed by atoms with Crippen LogP contribution in [0.15, 0.2) is 0 Å². The summed E-state index contributed by atoms with van der Waals surface area (Å²) >= 11 is 1.53. The third-order valence-electron chi connectivity index (χ3n) is 3.22. The van der Waals surface area contributed by atoms with Gasteiger partial charge in [-0.1, -0.05) is 13.8 Å². The molecule has 0 unspecified atom stereocenters. The van der Waals surface area contributed by atoms with Crippen molar-refractivity contribution in [2.24, 2.45) is 11.8 Å². The van der Waals surface area contributed by atoms with Gasteiger partial charge in [0.25, 0.3) is 0 Å². The van der Waals surface area contributed by atoms with E-state index in [0.717, 1.165) is 0 Å². The Balaban J connectivity index is 2.53. The van der Waals surface area contributed by atoms with E-state index >= 15 is 0 Å². The standard InChI is InChI=1S/C13H22N2O4S/c1-8(2)4-10(13(18)19)5-14-12(17)11-6-20-7-15(11)9(3)16/h8,10-11H,4-7H2,1-3H3,(H,14,17)(H,18,19)/t10-,11+/m0/s1. The van der Waals surface area contributed by atoms with Gasteiger partial charge in [0.15, 0.2) is 0 Å². The first-order valence-electron chi connectivity index (χ1n) is 6.68. The Hall–Kier alpha value is -1.24. The molecule has 6 nitrogen and oxygen atoms in total. The van der Waals surface area contributed by atoms with Crippen molar-refractivity contribution in [3.8, 4) is 0 Å². The van der Waals surface area contributed by atoms with Gasteiger partial charge in [-0.25, -0.2) is 0 Å². The number of carbonyl (C=O) groups excluding carboxylic acids is 2. The van der Waals surface area contributed by atoms with Gasteiger partial charge in [-0.05, 0) is 12.3 Å². The van der Waals surface area contributed by atoms with Crippen molar-refractivity contribution in [1.82, 2.24) is 10.2 Å². The number of carbonyl (C=O) groups is 3. The summed E-state index contributed by atoms with van der Waals surface area (Å²) in [4.78, 5) is 36.1. The largest absolute Gasteiger partial charge is 0.481 e. The van der Waals surface area contributed by atoms with Gasteiger partial charge >= 0.3 is 5.97 Å². The third kappa shape index (κ3) is 4.70. The summed E-state index contributed by atoms with van der Waals surface area (Å²) in [5.41, 5.74) is 0. The molecule has 20 heavy (non-hydrogen) atoms. The number of thioether (sulfide) groups is 1. The number of aliphatic carboxylic acids is 1. The quantitative estimate of drug-likeness (QED) is 0.757. The zero-order valence-electron chi connectivity index (χ0n) is 12.1. The summed E-state index contributed by atoms with van der Waals surface area (Å²) in [6, 6.07) is -0.481. The Bertz CT molecular complexity index is 387. The van der Waals surface area contributed by atoms with Crippen LogP contribution in [0.3, 0.4) is 0 Å². The molecule has 2 atom stereocenters. The van der Waals surface area contributed by atoms with E-state index in [1.807, 2.05) is 13.8 Å². The second kappa shape index (κ2) is 7.52. The molecule has 114 valence electrons. The van der Waals surface area contributed by atoms with Crippen LogP contribution in [0.1, 0.15) is 27.2 Å². The van der Waals surface area contributed by atoms with Crippen molar-refractivity contribution in [1.29, 1.82) is 0 Å². The van der Waals surface area contributed by atoms with Crippen molar-refractivity contribution < 1.29 is 19.5 Å². The smallest absolute Gasteiger partial charge is 0.308 e. The van der Waals surface area contributed by atoms with Crippen molar-refractivity contribution in [3.05, 3.63) is 0 Å². The number of nitrogens with one attached hydrogen (secondary N) is 1. The first-order chi connectivity index (χ1) is 9.32. The molecule has 0 saturated carbocycles. The van der Waals surface area contributed by atoms with Crippen LogP contribution < -0.4 is 5.32 Å². The van der Waals surface area contributed by atoms with Gasteiger partial charge in [0, 0.05) is 19.2 Å². The molecule has 0 aromatic carbocycles. The number of carboxylic acid groups (broad SMARTS) is 1. The Morgan fingerprint density at radius 1 is 1.40 bits per heavy atom. The van der Waals surface area contributed by atoms with Gasteiger partial charge in [-0.3, -0.25) is 14.4 Å². The maximum atomic E-state index is 12.1. The Kier molecular flexibility index (Phi) is 6.32. The van der Waals surface area contributed by atoms with E-state index in [2.05, 4.69) is 5.32 Å². The summed E-state index contributed by atoms with van der Waals surface area (Å²) in [5.74, 6) is -0.548. The maximum Gasteiger partial charge on any atom is 0.308 e. The summed E-state index contributed by atoms with van der Waals surface area (Å²) < 4.78 is 0. The Labute approximate surface area is 123 Å². The van der Waals surface area contributed by atoms with E-state index in [1.165, 1.54) is 23.6 Å². The summed E-state index contributed by atoms with van der Waals surface area (Å²) in [7, 11) is 0. The average molecular weight is 302 g/mol. The first-order valence-corrected chi connectivity index (χ1v) is 7.83. The highest BCUT2D eigenvalue weighted by atomic mass is 32.2.